The summed E-state index contributed by atoms with van der Waals surface area (Å²) < 4.78 is 16.4. The molecule has 31 heavy (non-hydrogen) atoms. The van der Waals surface area contributed by atoms with Gasteiger partial charge in [-0.05, 0) is 35.9 Å². The Hall–Kier alpha value is -4.13. The van der Waals surface area contributed by atoms with E-state index in [9.17, 15) is 4.79 Å². The van der Waals surface area contributed by atoms with E-state index in [4.69, 9.17) is 14.0 Å². The number of ether oxygens (including phenoxy) is 2. The molecule has 3 aromatic carbocycles. The number of rotatable bonds is 8. The molecule has 0 unspecified atom stereocenters. The highest BCUT2D eigenvalue weighted by Crippen LogP contribution is 2.27. The quantitative estimate of drug-likeness (QED) is 0.463. The smallest absolute Gasteiger partial charge is 0.264 e. The van der Waals surface area contributed by atoms with Gasteiger partial charge in [-0.15, -0.1) is 0 Å². The van der Waals surface area contributed by atoms with E-state index in [-0.39, 0.29) is 12.5 Å². The summed E-state index contributed by atoms with van der Waals surface area (Å²) in [6.45, 7) is 0.537. The second-order valence-electron chi connectivity index (χ2n) is 6.70. The fourth-order valence-corrected chi connectivity index (χ4v) is 3.00. The summed E-state index contributed by atoms with van der Waals surface area (Å²) in [5, 5.41) is 6.90. The van der Waals surface area contributed by atoms with Crippen molar-refractivity contribution in [3.05, 3.63) is 95.9 Å². The molecule has 0 saturated carbocycles. The molecule has 0 aliphatic heterocycles. The number of carbonyl (C=O) groups is 1. The van der Waals surface area contributed by atoms with Gasteiger partial charge in [0.25, 0.3) is 11.8 Å². The monoisotopic (exact) mass is 415 g/mol. The summed E-state index contributed by atoms with van der Waals surface area (Å²) in [5.41, 5.74) is 2.27. The zero-order chi connectivity index (χ0) is 21.5. The molecule has 4 rings (SSSR count). The molecule has 1 amide bonds. The molecule has 1 aromatic heterocycles. The zero-order valence-electron chi connectivity index (χ0n) is 16.9. The molecule has 0 spiro atoms. The Labute approximate surface area is 179 Å². The molecule has 0 saturated heterocycles. The summed E-state index contributed by atoms with van der Waals surface area (Å²) in [6, 6.07) is 24.1. The van der Waals surface area contributed by atoms with Crippen molar-refractivity contribution < 1.29 is 18.8 Å². The van der Waals surface area contributed by atoms with Crippen LogP contribution in [0, 0.1) is 0 Å². The van der Waals surface area contributed by atoms with E-state index in [0.717, 1.165) is 11.1 Å². The number of nitrogens with one attached hydrogen (secondary N) is 1. The minimum absolute atomic E-state index is 0.0806. The Bertz CT molecular complexity index is 1160. The average Bonchev–Trinajstić information content (AvgIpc) is 3.31. The van der Waals surface area contributed by atoms with E-state index < -0.39 is 0 Å². The summed E-state index contributed by atoms with van der Waals surface area (Å²) in [6.07, 6.45) is 0. The first-order valence-corrected chi connectivity index (χ1v) is 9.74. The third-order valence-corrected chi connectivity index (χ3v) is 4.57. The first-order valence-electron chi connectivity index (χ1n) is 9.74. The molecular weight excluding hydrogens is 394 g/mol. The Balaban J connectivity index is 1.37. The Kier molecular flexibility index (Phi) is 6.23. The number of nitrogens with zero attached hydrogens (tertiary/aromatic N) is 2. The first-order chi connectivity index (χ1) is 15.2. The van der Waals surface area contributed by atoms with Gasteiger partial charge in [-0.25, -0.2) is 0 Å². The number of methoxy groups -OCH3 is 1. The number of amides is 1. The van der Waals surface area contributed by atoms with Crippen LogP contribution in [0.1, 0.15) is 21.8 Å². The third-order valence-electron chi connectivity index (χ3n) is 4.57. The van der Waals surface area contributed by atoms with Crippen LogP contribution in [0.25, 0.3) is 11.4 Å². The van der Waals surface area contributed by atoms with Crippen LogP contribution in [0.3, 0.4) is 0 Å². The standard InChI is InChI=1S/C24H21N3O4/c1-29-21-13-6-5-12-20(21)23-26-22(31-27-23)16-30-19-11-7-10-18(14-19)24(28)25-15-17-8-3-2-4-9-17/h2-14H,15-16H2,1H3,(H,25,28). The van der Waals surface area contributed by atoms with Crippen molar-refractivity contribution in [3.63, 3.8) is 0 Å². The summed E-state index contributed by atoms with van der Waals surface area (Å²) >= 11 is 0. The lowest BCUT2D eigenvalue weighted by Gasteiger charge is -2.08. The van der Waals surface area contributed by atoms with Gasteiger partial charge in [-0.1, -0.05) is 53.7 Å². The molecular formula is C24H21N3O4. The van der Waals surface area contributed by atoms with Crippen molar-refractivity contribution in [1.82, 2.24) is 15.5 Å². The molecule has 0 fully saturated rings. The van der Waals surface area contributed by atoms with Crippen molar-refractivity contribution in [2.45, 2.75) is 13.2 Å². The molecule has 0 aliphatic rings. The Morgan fingerprint density at radius 1 is 1.00 bits per heavy atom. The SMILES string of the molecule is COc1ccccc1-c1noc(COc2cccc(C(=O)NCc3ccccc3)c2)n1. The van der Waals surface area contributed by atoms with Crippen LogP contribution in [-0.4, -0.2) is 23.2 Å². The molecule has 4 aromatic rings. The topological polar surface area (TPSA) is 86.5 Å². The van der Waals surface area contributed by atoms with Gasteiger partial charge in [0.15, 0.2) is 6.61 Å². The number of para-hydroxylation sites is 1. The van der Waals surface area contributed by atoms with E-state index in [1.165, 1.54) is 0 Å². The fraction of sp³-hybridized carbons (Fsp3) is 0.125. The van der Waals surface area contributed by atoms with Gasteiger partial charge in [0.05, 0.1) is 12.7 Å². The second kappa shape index (κ2) is 9.58. The summed E-state index contributed by atoms with van der Waals surface area (Å²) in [4.78, 5) is 16.8. The maximum Gasteiger partial charge on any atom is 0.264 e. The Morgan fingerprint density at radius 3 is 2.65 bits per heavy atom. The Morgan fingerprint density at radius 2 is 1.81 bits per heavy atom. The van der Waals surface area contributed by atoms with E-state index in [1.807, 2.05) is 54.6 Å². The number of benzene rings is 3. The predicted molar refractivity (Wildman–Crippen MR) is 115 cm³/mol. The van der Waals surface area contributed by atoms with E-state index in [0.29, 0.717) is 35.3 Å². The fourth-order valence-electron chi connectivity index (χ4n) is 3.00. The van der Waals surface area contributed by atoms with Crippen LogP contribution < -0.4 is 14.8 Å². The van der Waals surface area contributed by atoms with Gasteiger partial charge in [0.2, 0.25) is 5.82 Å². The largest absolute Gasteiger partial charge is 0.496 e. The van der Waals surface area contributed by atoms with Crippen LogP contribution in [0.5, 0.6) is 11.5 Å². The molecule has 1 heterocycles. The molecule has 0 atom stereocenters. The van der Waals surface area contributed by atoms with Crippen LogP contribution in [0.2, 0.25) is 0 Å². The average molecular weight is 415 g/mol. The van der Waals surface area contributed by atoms with E-state index >= 15 is 0 Å². The van der Waals surface area contributed by atoms with Crippen LogP contribution >= 0.6 is 0 Å². The van der Waals surface area contributed by atoms with Crippen LogP contribution in [0.4, 0.5) is 0 Å². The zero-order valence-corrected chi connectivity index (χ0v) is 16.9. The summed E-state index contributed by atoms with van der Waals surface area (Å²) in [7, 11) is 1.59. The lowest BCUT2D eigenvalue weighted by atomic mass is 10.2. The predicted octanol–water partition coefficient (Wildman–Crippen LogP) is 4.25. The van der Waals surface area contributed by atoms with Crippen LogP contribution in [-0.2, 0) is 13.2 Å². The maximum atomic E-state index is 12.4. The number of hydrogen-bond acceptors (Lipinski definition) is 6. The lowest BCUT2D eigenvalue weighted by molar-refractivity contribution is 0.0950. The summed E-state index contributed by atoms with van der Waals surface area (Å²) in [5.74, 6) is 1.75. The van der Waals surface area contributed by atoms with Crippen LogP contribution in [0.15, 0.2) is 83.4 Å². The third kappa shape index (κ3) is 5.08. The van der Waals surface area contributed by atoms with Crippen molar-refractivity contribution in [2.75, 3.05) is 7.11 Å². The molecule has 0 radical (unpaired) electrons. The second-order valence-corrected chi connectivity index (χ2v) is 6.70. The van der Waals surface area contributed by atoms with Gasteiger partial charge < -0.3 is 19.3 Å². The lowest BCUT2D eigenvalue weighted by Crippen LogP contribution is -2.22. The molecule has 7 heteroatoms. The number of carbonyl (C=O) groups excluding carboxylic acids is 1. The van der Waals surface area contributed by atoms with Crippen molar-refractivity contribution >= 4 is 5.91 Å². The van der Waals surface area contributed by atoms with E-state index in [2.05, 4.69) is 15.5 Å². The highest BCUT2D eigenvalue weighted by atomic mass is 16.5. The van der Waals surface area contributed by atoms with E-state index in [1.54, 1.807) is 31.4 Å². The highest BCUT2D eigenvalue weighted by molar-refractivity contribution is 5.94. The van der Waals surface area contributed by atoms with Gasteiger partial charge in [-0.3, -0.25) is 4.79 Å². The van der Waals surface area contributed by atoms with Gasteiger partial charge in [-0.2, -0.15) is 4.98 Å². The first kappa shape index (κ1) is 20.2. The molecule has 1 N–H and O–H groups in total. The van der Waals surface area contributed by atoms with Crippen molar-refractivity contribution in [2.24, 2.45) is 0 Å². The van der Waals surface area contributed by atoms with Gasteiger partial charge >= 0.3 is 0 Å². The maximum absolute atomic E-state index is 12.4. The number of hydrogen-bond donors (Lipinski definition) is 1. The normalized spacial score (nSPS) is 10.5. The minimum atomic E-state index is -0.175. The molecule has 7 nitrogen and oxygen atoms in total. The molecule has 156 valence electrons. The number of aromatic nitrogens is 2. The van der Waals surface area contributed by atoms with Gasteiger partial charge in [0.1, 0.15) is 11.5 Å². The highest BCUT2D eigenvalue weighted by Gasteiger charge is 2.13. The minimum Gasteiger partial charge on any atom is -0.496 e. The van der Waals surface area contributed by atoms with Crippen molar-refractivity contribution in [1.29, 1.82) is 0 Å². The molecule has 0 aliphatic carbocycles. The molecule has 0 bridgehead atoms. The van der Waals surface area contributed by atoms with Gasteiger partial charge in [0, 0.05) is 12.1 Å². The van der Waals surface area contributed by atoms with Crippen molar-refractivity contribution in [3.8, 4) is 22.9 Å².